The first kappa shape index (κ1) is 15.5. The lowest BCUT2D eigenvalue weighted by Gasteiger charge is -2.42. The molecule has 1 heterocycles. The first-order chi connectivity index (χ1) is 9.52. The van der Waals surface area contributed by atoms with Crippen LogP contribution in [0.4, 0.5) is 0 Å². The van der Waals surface area contributed by atoms with Gasteiger partial charge < -0.3 is 11.5 Å². The molecule has 0 saturated carbocycles. The zero-order valence-corrected chi connectivity index (χ0v) is 13.3. The summed E-state index contributed by atoms with van der Waals surface area (Å²) in [7, 11) is 0. The lowest BCUT2D eigenvalue weighted by molar-refractivity contribution is -0.124. The maximum atomic E-state index is 11.5. The number of amides is 1. The second-order valence-electron chi connectivity index (χ2n) is 5.53. The summed E-state index contributed by atoms with van der Waals surface area (Å²) in [5.41, 5.74) is 12.7. The van der Waals surface area contributed by atoms with Crippen LogP contribution < -0.4 is 11.5 Å². The van der Waals surface area contributed by atoms with Crippen molar-refractivity contribution in [1.29, 1.82) is 0 Å². The topological polar surface area (TPSA) is 72.4 Å². The van der Waals surface area contributed by atoms with Crippen molar-refractivity contribution < 1.29 is 4.79 Å². The number of rotatable bonds is 4. The van der Waals surface area contributed by atoms with Gasteiger partial charge in [0.1, 0.15) is 0 Å². The Bertz CT molecular complexity index is 480. The largest absolute Gasteiger partial charge is 0.369 e. The van der Waals surface area contributed by atoms with Crippen LogP contribution in [0.15, 0.2) is 28.7 Å². The Morgan fingerprint density at radius 3 is 2.85 bits per heavy atom. The van der Waals surface area contributed by atoms with Gasteiger partial charge in [0, 0.05) is 29.6 Å². The molecular weight excluding hydrogens is 318 g/mol. The van der Waals surface area contributed by atoms with Gasteiger partial charge in [-0.25, -0.2) is 0 Å². The second-order valence-corrected chi connectivity index (χ2v) is 6.44. The van der Waals surface area contributed by atoms with Crippen molar-refractivity contribution in [3.63, 3.8) is 0 Å². The highest BCUT2D eigenvalue weighted by Crippen LogP contribution is 2.31. The predicted molar refractivity (Wildman–Crippen MR) is 84.0 cm³/mol. The van der Waals surface area contributed by atoms with E-state index in [1.807, 2.05) is 12.1 Å². The molecule has 1 aromatic rings. The standard InChI is InChI=1S/C15H22BrN3O/c1-10-5-6-12(15(18)20)9-19(10)14(8-17)11-3-2-4-13(16)7-11/h2-4,7,10,12,14H,5-6,8-9,17H2,1H3,(H2,18,20). The number of benzene rings is 1. The maximum absolute atomic E-state index is 11.5. The van der Waals surface area contributed by atoms with Gasteiger partial charge >= 0.3 is 0 Å². The molecule has 0 bridgehead atoms. The monoisotopic (exact) mass is 339 g/mol. The molecule has 3 atom stereocenters. The number of carbonyl (C=O) groups excluding carboxylic acids is 1. The molecule has 0 aliphatic carbocycles. The molecule has 0 radical (unpaired) electrons. The second kappa shape index (κ2) is 6.70. The van der Waals surface area contributed by atoms with Gasteiger partial charge in [0.05, 0.1) is 5.92 Å². The summed E-state index contributed by atoms with van der Waals surface area (Å²) >= 11 is 3.50. The molecule has 1 aromatic carbocycles. The number of carbonyl (C=O) groups is 1. The van der Waals surface area contributed by atoms with Crippen molar-refractivity contribution in [3.05, 3.63) is 34.3 Å². The van der Waals surface area contributed by atoms with Gasteiger partial charge in [-0.05, 0) is 37.5 Å². The number of nitrogens with two attached hydrogens (primary N) is 2. The minimum Gasteiger partial charge on any atom is -0.369 e. The van der Waals surface area contributed by atoms with E-state index < -0.39 is 0 Å². The average Bonchev–Trinajstić information content (AvgIpc) is 2.41. The van der Waals surface area contributed by atoms with Gasteiger partial charge in [0.15, 0.2) is 0 Å². The van der Waals surface area contributed by atoms with Gasteiger partial charge in [-0.2, -0.15) is 0 Å². The SMILES string of the molecule is CC1CCC(C(N)=O)CN1C(CN)c1cccc(Br)c1. The minimum atomic E-state index is -0.202. The van der Waals surface area contributed by atoms with Crippen molar-refractivity contribution >= 4 is 21.8 Å². The molecule has 110 valence electrons. The van der Waals surface area contributed by atoms with E-state index in [0.717, 1.165) is 17.3 Å². The van der Waals surface area contributed by atoms with E-state index in [1.165, 1.54) is 5.56 Å². The fraction of sp³-hybridized carbons (Fsp3) is 0.533. The van der Waals surface area contributed by atoms with Crippen LogP contribution in [0, 0.1) is 5.92 Å². The average molecular weight is 340 g/mol. The highest BCUT2D eigenvalue weighted by Gasteiger charge is 2.33. The molecule has 5 heteroatoms. The van der Waals surface area contributed by atoms with Crippen molar-refractivity contribution in [2.75, 3.05) is 13.1 Å². The Kier molecular flexibility index (Phi) is 5.18. The molecule has 1 aliphatic heterocycles. The van der Waals surface area contributed by atoms with Crippen LogP contribution in [0.1, 0.15) is 31.4 Å². The molecule has 1 saturated heterocycles. The van der Waals surface area contributed by atoms with Crippen molar-refractivity contribution in [2.45, 2.75) is 31.8 Å². The Labute approximate surface area is 128 Å². The van der Waals surface area contributed by atoms with Gasteiger partial charge in [-0.15, -0.1) is 0 Å². The lowest BCUT2D eigenvalue weighted by Crippen LogP contribution is -2.49. The van der Waals surface area contributed by atoms with Crippen LogP contribution in [0.25, 0.3) is 0 Å². The van der Waals surface area contributed by atoms with E-state index >= 15 is 0 Å². The van der Waals surface area contributed by atoms with E-state index in [4.69, 9.17) is 11.5 Å². The van der Waals surface area contributed by atoms with Crippen LogP contribution in [0.2, 0.25) is 0 Å². The molecular formula is C15H22BrN3O. The summed E-state index contributed by atoms with van der Waals surface area (Å²) in [6.45, 7) is 3.43. The number of nitrogens with zero attached hydrogens (tertiary/aromatic N) is 1. The van der Waals surface area contributed by atoms with E-state index in [1.54, 1.807) is 0 Å². The third-order valence-corrected chi connectivity index (χ3v) is 4.68. The van der Waals surface area contributed by atoms with Crippen LogP contribution >= 0.6 is 15.9 Å². The third kappa shape index (κ3) is 3.40. The number of likely N-dealkylation sites (tertiary alicyclic amines) is 1. The lowest BCUT2D eigenvalue weighted by atomic mass is 9.90. The van der Waals surface area contributed by atoms with Gasteiger partial charge in [-0.3, -0.25) is 9.69 Å². The molecule has 3 unspecified atom stereocenters. The van der Waals surface area contributed by atoms with E-state index in [9.17, 15) is 4.79 Å². The Balaban J connectivity index is 2.23. The van der Waals surface area contributed by atoms with Gasteiger partial charge in [0.25, 0.3) is 0 Å². The van der Waals surface area contributed by atoms with E-state index in [0.29, 0.717) is 19.1 Å². The van der Waals surface area contributed by atoms with Gasteiger partial charge in [-0.1, -0.05) is 28.1 Å². The van der Waals surface area contributed by atoms with Gasteiger partial charge in [0.2, 0.25) is 5.91 Å². The number of hydrogen-bond acceptors (Lipinski definition) is 3. The molecule has 1 aliphatic rings. The first-order valence-corrected chi connectivity index (χ1v) is 7.82. The quantitative estimate of drug-likeness (QED) is 0.881. The first-order valence-electron chi connectivity index (χ1n) is 7.03. The highest BCUT2D eigenvalue weighted by atomic mass is 79.9. The molecule has 0 aromatic heterocycles. The third-order valence-electron chi connectivity index (χ3n) is 4.19. The van der Waals surface area contributed by atoms with Crippen LogP contribution in [-0.2, 0) is 4.79 Å². The zero-order chi connectivity index (χ0) is 14.7. The summed E-state index contributed by atoms with van der Waals surface area (Å²) in [5.74, 6) is -0.265. The van der Waals surface area contributed by atoms with E-state index in [-0.39, 0.29) is 17.9 Å². The zero-order valence-electron chi connectivity index (χ0n) is 11.8. The molecule has 4 N–H and O–H groups in total. The number of halogens is 1. The van der Waals surface area contributed by atoms with Crippen LogP contribution in [-0.4, -0.2) is 29.9 Å². The smallest absolute Gasteiger partial charge is 0.221 e. The Hall–Kier alpha value is -0.910. The molecule has 1 fully saturated rings. The maximum Gasteiger partial charge on any atom is 0.221 e. The Morgan fingerprint density at radius 1 is 1.50 bits per heavy atom. The summed E-state index contributed by atoms with van der Waals surface area (Å²) in [5, 5.41) is 0. The number of piperidine rings is 1. The fourth-order valence-electron chi connectivity index (χ4n) is 2.98. The highest BCUT2D eigenvalue weighted by molar-refractivity contribution is 9.10. The Morgan fingerprint density at radius 2 is 2.25 bits per heavy atom. The van der Waals surface area contributed by atoms with Crippen molar-refractivity contribution in [1.82, 2.24) is 4.90 Å². The summed E-state index contributed by atoms with van der Waals surface area (Å²) in [6.07, 6.45) is 1.86. The summed E-state index contributed by atoms with van der Waals surface area (Å²) in [4.78, 5) is 13.8. The molecule has 4 nitrogen and oxygen atoms in total. The van der Waals surface area contributed by atoms with Crippen LogP contribution in [0.5, 0.6) is 0 Å². The van der Waals surface area contributed by atoms with Crippen LogP contribution in [0.3, 0.4) is 0 Å². The molecule has 20 heavy (non-hydrogen) atoms. The van der Waals surface area contributed by atoms with Crippen molar-refractivity contribution in [2.24, 2.45) is 17.4 Å². The van der Waals surface area contributed by atoms with E-state index in [2.05, 4.69) is 39.9 Å². The number of primary amides is 1. The summed E-state index contributed by atoms with van der Waals surface area (Å²) < 4.78 is 1.05. The molecule has 0 spiro atoms. The minimum absolute atomic E-state index is 0.0626. The predicted octanol–water partition coefficient (Wildman–Crippen LogP) is 2.03. The fourth-order valence-corrected chi connectivity index (χ4v) is 3.39. The summed E-state index contributed by atoms with van der Waals surface area (Å²) in [6, 6.07) is 8.74. The molecule has 1 amide bonds. The normalized spacial score (nSPS) is 25.4. The molecule has 2 rings (SSSR count). The number of hydrogen-bond donors (Lipinski definition) is 2. The van der Waals surface area contributed by atoms with Crippen molar-refractivity contribution in [3.8, 4) is 0 Å².